The Hall–Kier alpha value is -2.54. The second-order valence-electron chi connectivity index (χ2n) is 5.98. The summed E-state index contributed by atoms with van der Waals surface area (Å²) in [4.78, 5) is 23.1. The van der Waals surface area contributed by atoms with Crippen molar-refractivity contribution in [2.75, 3.05) is 29.9 Å². The van der Waals surface area contributed by atoms with Crippen LogP contribution in [0, 0.1) is 0 Å². The Morgan fingerprint density at radius 2 is 2.15 bits per heavy atom. The molecule has 1 aliphatic heterocycles. The van der Waals surface area contributed by atoms with E-state index in [2.05, 4.69) is 25.5 Å². The van der Waals surface area contributed by atoms with E-state index in [4.69, 9.17) is 16.3 Å². The van der Waals surface area contributed by atoms with Gasteiger partial charge in [0.2, 0.25) is 5.95 Å². The molecule has 0 bridgehead atoms. The Bertz CT molecular complexity index is 744. The number of ether oxygens (including phenoxy) is 1. The smallest absolute Gasteiger partial charge is 0.319 e. The number of benzene rings is 1. The molecular formula is C18H22ClN5O2. The van der Waals surface area contributed by atoms with Gasteiger partial charge in [0.25, 0.3) is 0 Å². The number of para-hydroxylation sites is 1. The minimum absolute atomic E-state index is 0.0160. The van der Waals surface area contributed by atoms with Crippen LogP contribution in [0.25, 0.3) is 0 Å². The van der Waals surface area contributed by atoms with Crippen LogP contribution < -0.4 is 20.3 Å². The lowest BCUT2D eigenvalue weighted by atomic mass is 10.1. The van der Waals surface area contributed by atoms with Crippen LogP contribution in [0.5, 0.6) is 5.75 Å². The molecule has 7 nitrogen and oxygen atoms in total. The maximum absolute atomic E-state index is 12.4. The first-order chi connectivity index (χ1) is 12.7. The van der Waals surface area contributed by atoms with Crippen LogP contribution in [0.15, 0.2) is 36.7 Å². The molecule has 26 heavy (non-hydrogen) atoms. The van der Waals surface area contributed by atoms with Gasteiger partial charge < -0.3 is 20.3 Å². The molecule has 0 saturated carbocycles. The Balaban J connectivity index is 1.61. The lowest BCUT2D eigenvalue weighted by Crippen LogP contribution is -2.49. The zero-order valence-corrected chi connectivity index (χ0v) is 15.4. The molecule has 1 aromatic heterocycles. The van der Waals surface area contributed by atoms with E-state index in [1.165, 1.54) is 0 Å². The van der Waals surface area contributed by atoms with Crippen molar-refractivity contribution in [1.82, 2.24) is 15.3 Å². The van der Waals surface area contributed by atoms with Gasteiger partial charge in [-0.25, -0.2) is 14.8 Å². The Morgan fingerprint density at radius 1 is 1.35 bits per heavy atom. The number of halogens is 1. The predicted octanol–water partition coefficient (Wildman–Crippen LogP) is 3.32. The summed E-state index contributed by atoms with van der Waals surface area (Å²) < 4.78 is 5.53. The molecule has 1 fully saturated rings. The topological polar surface area (TPSA) is 79.4 Å². The molecule has 2 aromatic rings. The van der Waals surface area contributed by atoms with Crippen molar-refractivity contribution in [2.45, 2.75) is 25.8 Å². The molecule has 1 aromatic carbocycles. The predicted molar refractivity (Wildman–Crippen MR) is 102 cm³/mol. The number of hydrogen-bond acceptors (Lipinski definition) is 5. The minimum Gasteiger partial charge on any atom is -0.490 e. The standard InChI is InChI=1S/C18H22ClN5O2/c1-2-26-16-14(19)7-3-8-15(16)23-18(25)22-13-6-4-11-24(12-13)17-20-9-5-10-21-17/h3,5,7-10,13H,2,4,6,11-12H2,1H3,(H2,22,23,25)/t13-/m1/s1. The van der Waals surface area contributed by atoms with Crippen LogP contribution in [0.4, 0.5) is 16.4 Å². The van der Waals surface area contributed by atoms with Gasteiger partial charge >= 0.3 is 6.03 Å². The second-order valence-corrected chi connectivity index (χ2v) is 6.39. The molecule has 1 aliphatic rings. The molecule has 3 rings (SSSR count). The van der Waals surface area contributed by atoms with E-state index >= 15 is 0 Å². The monoisotopic (exact) mass is 375 g/mol. The minimum atomic E-state index is -0.283. The second kappa shape index (κ2) is 8.71. The first-order valence-corrected chi connectivity index (χ1v) is 9.06. The highest BCUT2D eigenvalue weighted by molar-refractivity contribution is 6.32. The number of rotatable bonds is 5. The summed E-state index contributed by atoms with van der Waals surface area (Å²) in [6.45, 7) is 3.89. The van der Waals surface area contributed by atoms with Gasteiger partial charge in [-0.2, -0.15) is 0 Å². The molecule has 8 heteroatoms. The fourth-order valence-electron chi connectivity index (χ4n) is 2.97. The van der Waals surface area contributed by atoms with Gasteiger partial charge in [0, 0.05) is 31.5 Å². The quantitative estimate of drug-likeness (QED) is 0.838. The van der Waals surface area contributed by atoms with E-state index in [1.807, 2.05) is 6.92 Å². The van der Waals surface area contributed by atoms with Crippen molar-refractivity contribution in [3.63, 3.8) is 0 Å². The summed E-state index contributed by atoms with van der Waals surface area (Å²) in [5, 5.41) is 6.31. The third kappa shape index (κ3) is 4.54. The van der Waals surface area contributed by atoms with Crippen LogP contribution in [0.2, 0.25) is 5.02 Å². The number of nitrogens with one attached hydrogen (secondary N) is 2. The molecule has 1 saturated heterocycles. The third-order valence-corrected chi connectivity index (χ3v) is 4.39. The molecule has 2 N–H and O–H groups in total. The molecule has 0 radical (unpaired) electrons. The first kappa shape index (κ1) is 18.3. The summed E-state index contributed by atoms with van der Waals surface area (Å²) in [6, 6.07) is 6.79. The molecular weight excluding hydrogens is 354 g/mol. The fourth-order valence-corrected chi connectivity index (χ4v) is 3.20. The molecule has 0 spiro atoms. The van der Waals surface area contributed by atoms with E-state index in [0.29, 0.717) is 35.6 Å². The number of carbonyl (C=O) groups is 1. The van der Waals surface area contributed by atoms with Gasteiger partial charge in [-0.1, -0.05) is 17.7 Å². The summed E-state index contributed by atoms with van der Waals surface area (Å²) in [7, 11) is 0. The van der Waals surface area contributed by atoms with E-state index in [0.717, 1.165) is 19.4 Å². The van der Waals surface area contributed by atoms with Gasteiger partial charge in [0.05, 0.1) is 17.3 Å². The van der Waals surface area contributed by atoms with Crippen molar-refractivity contribution in [2.24, 2.45) is 0 Å². The van der Waals surface area contributed by atoms with Crippen molar-refractivity contribution >= 4 is 29.3 Å². The molecule has 2 amide bonds. The van der Waals surface area contributed by atoms with Crippen molar-refractivity contribution < 1.29 is 9.53 Å². The summed E-state index contributed by atoms with van der Waals surface area (Å²) in [6.07, 6.45) is 5.32. The highest BCUT2D eigenvalue weighted by Crippen LogP contribution is 2.32. The molecule has 1 atom stereocenters. The zero-order valence-electron chi connectivity index (χ0n) is 14.6. The van der Waals surface area contributed by atoms with Gasteiger partial charge in [-0.15, -0.1) is 0 Å². The number of aromatic nitrogens is 2. The normalized spacial score (nSPS) is 16.8. The Kier molecular flexibility index (Phi) is 6.12. The number of anilines is 2. The average molecular weight is 376 g/mol. The molecule has 0 aliphatic carbocycles. The summed E-state index contributed by atoms with van der Waals surface area (Å²) in [5.41, 5.74) is 0.552. The summed E-state index contributed by atoms with van der Waals surface area (Å²) >= 11 is 6.15. The first-order valence-electron chi connectivity index (χ1n) is 8.68. The van der Waals surface area contributed by atoms with Gasteiger partial charge in [0.15, 0.2) is 5.75 Å². The van der Waals surface area contributed by atoms with Crippen LogP contribution in [-0.4, -0.2) is 41.7 Å². The van der Waals surface area contributed by atoms with Crippen LogP contribution >= 0.6 is 11.6 Å². The highest BCUT2D eigenvalue weighted by Gasteiger charge is 2.23. The van der Waals surface area contributed by atoms with E-state index in [-0.39, 0.29) is 12.1 Å². The molecule has 138 valence electrons. The third-order valence-electron chi connectivity index (χ3n) is 4.10. The van der Waals surface area contributed by atoms with Gasteiger partial charge in [-0.05, 0) is 38.0 Å². The van der Waals surface area contributed by atoms with E-state index in [1.54, 1.807) is 36.7 Å². The van der Waals surface area contributed by atoms with Gasteiger partial charge in [0.1, 0.15) is 0 Å². The maximum atomic E-state index is 12.4. The van der Waals surface area contributed by atoms with Crippen LogP contribution in [0.3, 0.4) is 0 Å². The number of nitrogens with zero attached hydrogens (tertiary/aromatic N) is 3. The largest absolute Gasteiger partial charge is 0.490 e. The molecule has 0 unspecified atom stereocenters. The van der Waals surface area contributed by atoms with E-state index < -0.39 is 0 Å². The summed E-state index contributed by atoms with van der Waals surface area (Å²) in [5.74, 6) is 1.17. The number of piperidine rings is 1. The maximum Gasteiger partial charge on any atom is 0.319 e. The lowest BCUT2D eigenvalue weighted by Gasteiger charge is -2.33. The Morgan fingerprint density at radius 3 is 2.92 bits per heavy atom. The zero-order chi connectivity index (χ0) is 18.4. The molecule has 2 heterocycles. The lowest BCUT2D eigenvalue weighted by molar-refractivity contribution is 0.246. The SMILES string of the molecule is CCOc1c(Cl)cccc1NC(=O)N[C@@H]1CCCN(c2ncccn2)C1. The number of carbonyl (C=O) groups excluding carboxylic acids is 1. The number of hydrogen-bond donors (Lipinski definition) is 2. The highest BCUT2D eigenvalue weighted by atomic mass is 35.5. The number of urea groups is 1. The van der Waals surface area contributed by atoms with E-state index in [9.17, 15) is 4.79 Å². The van der Waals surface area contributed by atoms with Crippen molar-refractivity contribution in [3.8, 4) is 5.75 Å². The number of amides is 2. The Labute approximate surface area is 157 Å². The van der Waals surface area contributed by atoms with Crippen LogP contribution in [-0.2, 0) is 0 Å². The van der Waals surface area contributed by atoms with Crippen LogP contribution in [0.1, 0.15) is 19.8 Å². The fraction of sp³-hybridized carbons (Fsp3) is 0.389. The van der Waals surface area contributed by atoms with Gasteiger partial charge in [-0.3, -0.25) is 0 Å². The average Bonchev–Trinajstić information content (AvgIpc) is 2.65. The van der Waals surface area contributed by atoms with Crippen molar-refractivity contribution in [1.29, 1.82) is 0 Å². The van der Waals surface area contributed by atoms with Crippen molar-refractivity contribution in [3.05, 3.63) is 41.7 Å².